The van der Waals surface area contributed by atoms with Crippen molar-refractivity contribution in [2.75, 3.05) is 35.7 Å². The Morgan fingerprint density at radius 3 is 2.32 bits per heavy atom. The van der Waals surface area contributed by atoms with Crippen molar-refractivity contribution in [2.24, 2.45) is 0 Å². The molecular weight excluding hydrogens is 378 g/mol. The minimum Gasteiger partial charge on any atom is -0.374 e. The van der Waals surface area contributed by atoms with E-state index in [0.717, 1.165) is 0 Å². The summed E-state index contributed by atoms with van der Waals surface area (Å²) in [4.78, 5) is 26.3. The first-order valence-corrected chi connectivity index (χ1v) is 10.8. The SMILES string of the molecule is CN(C(=O)CNc1ccccc1NC(=O)c1ccccc1)C1CCS(=O)(=O)C1. The van der Waals surface area contributed by atoms with E-state index in [4.69, 9.17) is 0 Å². The van der Waals surface area contributed by atoms with Crippen LogP contribution in [0.5, 0.6) is 0 Å². The van der Waals surface area contributed by atoms with Gasteiger partial charge in [-0.3, -0.25) is 9.59 Å². The average Bonchev–Trinajstić information content (AvgIpc) is 3.06. The van der Waals surface area contributed by atoms with Gasteiger partial charge in [-0.15, -0.1) is 0 Å². The van der Waals surface area contributed by atoms with Crippen LogP contribution in [0, 0.1) is 0 Å². The number of carbonyl (C=O) groups is 2. The summed E-state index contributed by atoms with van der Waals surface area (Å²) in [5.41, 5.74) is 1.72. The monoisotopic (exact) mass is 401 g/mol. The number of hydrogen-bond donors (Lipinski definition) is 2. The fourth-order valence-corrected chi connectivity index (χ4v) is 4.88. The van der Waals surface area contributed by atoms with Crippen molar-refractivity contribution in [3.63, 3.8) is 0 Å². The number of nitrogens with zero attached hydrogens (tertiary/aromatic N) is 1. The number of anilines is 2. The molecule has 0 saturated carbocycles. The van der Waals surface area contributed by atoms with E-state index >= 15 is 0 Å². The highest BCUT2D eigenvalue weighted by Gasteiger charge is 2.32. The van der Waals surface area contributed by atoms with Crippen molar-refractivity contribution in [1.29, 1.82) is 0 Å². The molecule has 8 heteroatoms. The Morgan fingerprint density at radius 1 is 1.04 bits per heavy atom. The second kappa shape index (κ2) is 8.43. The van der Waals surface area contributed by atoms with E-state index in [2.05, 4.69) is 10.6 Å². The lowest BCUT2D eigenvalue weighted by Gasteiger charge is -2.24. The van der Waals surface area contributed by atoms with Crippen LogP contribution in [0.25, 0.3) is 0 Å². The molecule has 1 saturated heterocycles. The van der Waals surface area contributed by atoms with Gasteiger partial charge in [0, 0.05) is 18.7 Å². The van der Waals surface area contributed by atoms with Gasteiger partial charge in [-0.1, -0.05) is 30.3 Å². The van der Waals surface area contributed by atoms with E-state index in [1.54, 1.807) is 55.6 Å². The van der Waals surface area contributed by atoms with Crippen LogP contribution in [0.1, 0.15) is 16.8 Å². The smallest absolute Gasteiger partial charge is 0.255 e. The van der Waals surface area contributed by atoms with E-state index in [9.17, 15) is 18.0 Å². The van der Waals surface area contributed by atoms with Crippen LogP contribution in [0.2, 0.25) is 0 Å². The zero-order valence-electron chi connectivity index (χ0n) is 15.6. The number of rotatable bonds is 6. The fraction of sp³-hybridized carbons (Fsp3) is 0.300. The number of amides is 2. The average molecular weight is 401 g/mol. The number of carbonyl (C=O) groups excluding carboxylic acids is 2. The fourth-order valence-electron chi connectivity index (χ4n) is 3.11. The first-order valence-electron chi connectivity index (χ1n) is 9.01. The van der Waals surface area contributed by atoms with Crippen LogP contribution in [0.3, 0.4) is 0 Å². The summed E-state index contributed by atoms with van der Waals surface area (Å²) in [5, 5.41) is 5.88. The van der Waals surface area contributed by atoms with Gasteiger partial charge in [0.1, 0.15) is 0 Å². The lowest BCUT2D eigenvalue weighted by molar-refractivity contribution is -0.129. The molecular formula is C20H23N3O4S. The predicted octanol–water partition coefficient (Wildman–Crippen LogP) is 2.00. The van der Waals surface area contributed by atoms with E-state index in [1.807, 2.05) is 6.07 Å². The van der Waals surface area contributed by atoms with Crippen molar-refractivity contribution in [1.82, 2.24) is 4.90 Å². The van der Waals surface area contributed by atoms with Crippen LogP contribution in [0.4, 0.5) is 11.4 Å². The summed E-state index contributed by atoms with van der Waals surface area (Å²) in [6.45, 7) is 0.00523. The molecule has 2 aromatic rings. The zero-order chi connectivity index (χ0) is 20.1. The molecule has 1 aliphatic heterocycles. The van der Waals surface area contributed by atoms with E-state index < -0.39 is 9.84 Å². The van der Waals surface area contributed by atoms with Gasteiger partial charge < -0.3 is 15.5 Å². The number of benzene rings is 2. The molecule has 1 heterocycles. The maximum absolute atomic E-state index is 12.5. The second-order valence-corrected chi connectivity index (χ2v) is 9.01. The van der Waals surface area contributed by atoms with E-state index in [1.165, 1.54) is 4.90 Å². The topological polar surface area (TPSA) is 95.6 Å². The highest BCUT2D eigenvalue weighted by molar-refractivity contribution is 7.91. The molecule has 0 radical (unpaired) electrons. The van der Waals surface area contributed by atoms with Gasteiger partial charge in [0.2, 0.25) is 5.91 Å². The molecule has 3 rings (SSSR count). The molecule has 148 valence electrons. The molecule has 7 nitrogen and oxygen atoms in total. The van der Waals surface area contributed by atoms with Gasteiger partial charge in [-0.25, -0.2) is 8.42 Å². The minimum atomic E-state index is -3.05. The molecule has 2 amide bonds. The van der Waals surface area contributed by atoms with Gasteiger partial charge in [0.05, 0.1) is 29.4 Å². The van der Waals surface area contributed by atoms with Crippen molar-refractivity contribution in [2.45, 2.75) is 12.5 Å². The third-order valence-electron chi connectivity index (χ3n) is 4.79. The van der Waals surface area contributed by atoms with Gasteiger partial charge >= 0.3 is 0 Å². The number of sulfone groups is 1. The molecule has 0 bridgehead atoms. The normalized spacial score (nSPS) is 17.7. The Hall–Kier alpha value is -2.87. The standard InChI is InChI=1S/C20H23N3O4S/c1-23(16-11-12-28(26,27)14-16)19(24)13-21-17-9-5-6-10-18(17)22-20(25)15-7-3-2-4-8-15/h2-10,16,21H,11-14H2,1H3,(H,22,25). The molecule has 28 heavy (non-hydrogen) atoms. The Kier molecular flexibility index (Phi) is 5.99. The summed E-state index contributed by atoms with van der Waals surface area (Å²) in [6, 6.07) is 15.7. The van der Waals surface area contributed by atoms with Crippen LogP contribution in [-0.2, 0) is 14.6 Å². The van der Waals surface area contributed by atoms with E-state index in [0.29, 0.717) is 23.4 Å². The lowest BCUT2D eigenvalue weighted by atomic mass is 10.2. The minimum absolute atomic E-state index is 0.00523. The maximum Gasteiger partial charge on any atom is 0.255 e. The van der Waals surface area contributed by atoms with Crippen LogP contribution in [0.15, 0.2) is 54.6 Å². The summed E-state index contributed by atoms with van der Waals surface area (Å²) < 4.78 is 23.2. The van der Waals surface area contributed by atoms with Gasteiger partial charge in [-0.05, 0) is 30.7 Å². The highest BCUT2D eigenvalue weighted by atomic mass is 32.2. The Labute approximate surface area is 164 Å². The lowest BCUT2D eigenvalue weighted by Crippen LogP contribution is -2.41. The summed E-state index contributed by atoms with van der Waals surface area (Å²) >= 11 is 0. The molecule has 2 aromatic carbocycles. The first kappa shape index (κ1) is 19.9. The summed E-state index contributed by atoms with van der Waals surface area (Å²) in [6.07, 6.45) is 0.467. The largest absolute Gasteiger partial charge is 0.374 e. The Balaban J connectivity index is 1.62. The number of likely N-dealkylation sites (N-methyl/N-ethyl adjacent to an activating group) is 1. The predicted molar refractivity (Wildman–Crippen MR) is 109 cm³/mol. The van der Waals surface area contributed by atoms with Gasteiger partial charge in [-0.2, -0.15) is 0 Å². The van der Waals surface area contributed by atoms with Crippen molar-refractivity contribution < 1.29 is 18.0 Å². The Morgan fingerprint density at radius 2 is 1.68 bits per heavy atom. The van der Waals surface area contributed by atoms with Crippen LogP contribution >= 0.6 is 0 Å². The number of para-hydroxylation sites is 2. The Bertz CT molecular complexity index is 960. The van der Waals surface area contributed by atoms with Crippen molar-refractivity contribution >= 4 is 33.0 Å². The molecule has 0 aliphatic carbocycles. The quantitative estimate of drug-likeness (QED) is 0.772. The molecule has 1 unspecified atom stereocenters. The first-order chi connectivity index (χ1) is 13.4. The van der Waals surface area contributed by atoms with Gasteiger partial charge in [0.15, 0.2) is 9.84 Å². The van der Waals surface area contributed by atoms with Gasteiger partial charge in [0.25, 0.3) is 5.91 Å². The van der Waals surface area contributed by atoms with Crippen LogP contribution < -0.4 is 10.6 Å². The molecule has 2 N–H and O–H groups in total. The zero-order valence-corrected chi connectivity index (χ0v) is 16.4. The third-order valence-corrected chi connectivity index (χ3v) is 6.54. The molecule has 1 atom stereocenters. The number of hydrogen-bond acceptors (Lipinski definition) is 5. The van der Waals surface area contributed by atoms with Crippen molar-refractivity contribution in [3.8, 4) is 0 Å². The summed E-state index contributed by atoms with van der Waals surface area (Å²) in [7, 11) is -1.43. The maximum atomic E-state index is 12.5. The number of nitrogens with one attached hydrogen (secondary N) is 2. The molecule has 1 fully saturated rings. The second-order valence-electron chi connectivity index (χ2n) is 6.78. The third kappa shape index (κ3) is 4.89. The summed E-state index contributed by atoms with van der Waals surface area (Å²) in [5.74, 6) is -0.309. The van der Waals surface area contributed by atoms with Crippen molar-refractivity contribution in [3.05, 3.63) is 60.2 Å². The van der Waals surface area contributed by atoms with E-state index in [-0.39, 0.29) is 35.9 Å². The molecule has 1 aliphatic rings. The van der Waals surface area contributed by atoms with Crippen LogP contribution in [-0.4, -0.2) is 56.3 Å². The molecule has 0 spiro atoms. The molecule has 0 aromatic heterocycles. The highest BCUT2D eigenvalue weighted by Crippen LogP contribution is 2.22.